The first-order chi connectivity index (χ1) is 16.1. The van der Waals surface area contributed by atoms with Crippen LogP contribution in [0.1, 0.15) is 71.1 Å². The maximum atomic E-state index is 10.7. The molecule has 0 aliphatic carbocycles. The molecule has 0 unspecified atom stereocenters. The lowest BCUT2D eigenvalue weighted by Gasteiger charge is -1.91. The fraction of sp³-hybridized carbons (Fsp3) is 0.379. The molecule has 2 aromatic rings. The number of para-hydroxylation sites is 1. The van der Waals surface area contributed by atoms with E-state index in [9.17, 15) is 9.59 Å². The normalized spacial score (nSPS) is 11.7. The van der Waals surface area contributed by atoms with E-state index in [1.54, 1.807) is 12.1 Å². The van der Waals surface area contributed by atoms with Crippen LogP contribution in [0.25, 0.3) is 11.0 Å². The highest BCUT2D eigenvalue weighted by Crippen LogP contribution is 2.09. The van der Waals surface area contributed by atoms with Crippen molar-refractivity contribution in [2.45, 2.75) is 71.1 Å². The molecular weight excluding hydrogens is 412 g/mol. The lowest BCUT2D eigenvalue weighted by molar-refractivity contribution is -0.137. The molecule has 0 saturated carbocycles. The molecule has 1 heterocycles. The zero-order valence-corrected chi connectivity index (χ0v) is 19.8. The fourth-order valence-corrected chi connectivity index (χ4v) is 2.94. The van der Waals surface area contributed by atoms with Crippen LogP contribution in [0.4, 0.5) is 0 Å². The second kappa shape index (κ2) is 19.5. The van der Waals surface area contributed by atoms with E-state index in [-0.39, 0.29) is 12.0 Å². The van der Waals surface area contributed by atoms with Crippen LogP contribution in [0, 0.1) is 0 Å². The minimum Gasteiger partial charge on any atom is -0.481 e. The summed E-state index contributed by atoms with van der Waals surface area (Å²) < 4.78 is 4.91. The third-order valence-electron chi connectivity index (χ3n) is 4.75. The Kier molecular flexibility index (Phi) is 16.5. The summed E-state index contributed by atoms with van der Waals surface area (Å²) >= 11 is 0. The molecular formula is C29H38O4. The molecule has 0 spiro atoms. The fourth-order valence-electron chi connectivity index (χ4n) is 2.94. The molecule has 178 valence electrons. The number of hydrogen-bond acceptors (Lipinski definition) is 3. The number of aliphatic carboxylic acids is 1. The number of carbonyl (C=O) groups is 1. The number of hydrogen-bond donors (Lipinski definition) is 1. The van der Waals surface area contributed by atoms with Crippen molar-refractivity contribution in [3.05, 3.63) is 95.4 Å². The van der Waals surface area contributed by atoms with Gasteiger partial charge in [-0.1, -0.05) is 86.6 Å². The van der Waals surface area contributed by atoms with Crippen molar-refractivity contribution in [2.75, 3.05) is 0 Å². The van der Waals surface area contributed by atoms with Crippen molar-refractivity contribution < 1.29 is 14.3 Å². The monoisotopic (exact) mass is 450 g/mol. The molecule has 0 saturated heterocycles. The van der Waals surface area contributed by atoms with Crippen LogP contribution in [0.15, 0.2) is 94.2 Å². The van der Waals surface area contributed by atoms with Crippen molar-refractivity contribution in [2.24, 2.45) is 0 Å². The Morgan fingerprint density at radius 1 is 0.788 bits per heavy atom. The first-order valence-corrected chi connectivity index (χ1v) is 11.9. The van der Waals surface area contributed by atoms with Gasteiger partial charge in [-0.15, -0.1) is 0 Å². The first-order valence-electron chi connectivity index (χ1n) is 11.9. The first kappa shape index (κ1) is 27.9. The van der Waals surface area contributed by atoms with Gasteiger partial charge in [0.15, 0.2) is 0 Å². The lowest BCUT2D eigenvalue weighted by Crippen LogP contribution is -1.93. The van der Waals surface area contributed by atoms with Crippen LogP contribution in [-0.2, 0) is 4.79 Å². The zero-order valence-electron chi connectivity index (χ0n) is 19.8. The minimum atomic E-state index is -0.712. The van der Waals surface area contributed by atoms with Gasteiger partial charge < -0.3 is 9.52 Å². The largest absolute Gasteiger partial charge is 0.481 e. The summed E-state index contributed by atoms with van der Waals surface area (Å²) in [7, 11) is 0. The molecule has 0 radical (unpaired) electrons. The van der Waals surface area contributed by atoms with Crippen LogP contribution in [0.3, 0.4) is 0 Å². The molecule has 2 rings (SSSR count). The van der Waals surface area contributed by atoms with E-state index < -0.39 is 5.97 Å². The number of unbranched alkanes of at least 4 members (excludes halogenated alkanes) is 4. The second-order valence-electron chi connectivity index (χ2n) is 7.67. The van der Waals surface area contributed by atoms with E-state index in [0.717, 1.165) is 37.5 Å². The zero-order chi connectivity index (χ0) is 24.0. The lowest BCUT2D eigenvalue weighted by atomic mass is 10.2. The number of carboxylic acids is 1. The number of fused-ring (bicyclic) bond motifs is 1. The van der Waals surface area contributed by atoms with Gasteiger partial charge >= 0.3 is 11.6 Å². The highest BCUT2D eigenvalue weighted by atomic mass is 16.4. The maximum absolute atomic E-state index is 10.7. The Balaban J connectivity index is 0.000000405. The van der Waals surface area contributed by atoms with Gasteiger partial charge in [-0.25, -0.2) is 4.79 Å². The van der Waals surface area contributed by atoms with Gasteiger partial charge in [-0.05, 0) is 57.1 Å². The Hall–Kier alpha value is -3.14. The average Bonchev–Trinajstić information content (AvgIpc) is 2.81. The molecule has 0 atom stereocenters. The van der Waals surface area contributed by atoms with Crippen molar-refractivity contribution in [1.82, 2.24) is 0 Å². The van der Waals surface area contributed by atoms with Gasteiger partial charge in [-0.2, -0.15) is 0 Å². The molecule has 0 aliphatic heterocycles. The van der Waals surface area contributed by atoms with Gasteiger partial charge in [0, 0.05) is 17.9 Å². The van der Waals surface area contributed by atoms with Crippen molar-refractivity contribution in [3.8, 4) is 0 Å². The third kappa shape index (κ3) is 16.2. The number of rotatable bonds is 14. The minimum absolute atomic E-state index is 0.262. The SMILES string of the molecule is CCCCCC=CCC=CCC=CCC=CCCCC(=O)O.O=c1ccc2ccccc2o1. The summed E-state index contributed by atoms with van der Waals surface area (Å²) in [6.07, 6.45) is 27.3. The van der Waals surface area contributed by atoms with Gasteiger partial charge in [0.05, 0.1) is 0 Å². The molecule has 0 amide bonds. The topological polar surface area (TPSA) is 67.5 Å². The summed E-state index contributed by atoms with van der Waals surface area (Å²) in [6.45, 7) is 2.23. The molecule has 33 heavy (non-hydrogen) atoms. The predicted molar refractivity (Wildman–Crippen MR) is 139 cm³/mol. The van der Waals surface area contributed by atoms with Crippen LogP contribution < -0.4 is 5.63 Å². The van der Waals surface area contributed by atoms with E-state index in [0.29, 0.717) is 5.58 Å². The number of carboxylic acid groups (broad SMARTS) is 1. The molecule has 1 aromatic heterocycles. The Labute approximate surface area is 198 Å². The predicted octanol–water partition coefficient (Wildman–Crippen LogP) is 8.01. The van der Waals surface area contributed by atoms with Crippen molar-refractivity contribution in [3.63, 3.8) is 0 Å². The number of allylic oxidation sites excluding steroid dienone is 8. The molecule has 1 aromatic carbocycles. The Bertz CT molecular complexity index is 947. The summed E-state index contributed by atoms with van der Waals surface area (Å²) in [5.74, 6) is -0.712. The van der Waals surface area contributed by atoms with E-state index >= 15 is 0 Å². The second-order valence-corrected chi connectivity index (χ2v) is 7.67. The third-order valence-corrected chi connectivity index (χ3v) is 4.75. The van der Waals surface area contributed by atoms with Crippen molar-refractivity contribution >= 4 is 16.9 Å². The molecule has 0 bridgehead atoms. The highest BCUT2D eigenvalue weighted by Gasteiger charge is 1.93. The summed E-state index contributed by atoms with van der Waals surface area (Å²) in [4.78, 5) is 21.0. The smallest absolute Gasteiger partial charge is 0.336 e. The number of benzene rings is 1. The summed E-state index contributed by atoms with van der Waals surface area (Å²) in [5, 5.41) is 9.44. The van der Waals surface area contributed by atoms with Crippen LogP contribution >= 0.6 is 0 Å². The molecule has 0 aliphatic rings. The van der Waals surface area contributed by atoms with E-state index in [4.69, 9.17) is 9.52 Å². The maximum Gasteiger partial charge on any atom is 0.336 e. The summed E-state index contributed by atoms with van der Waals surface area (Å²) in [5.41, 5.74) is 0.337. The summed E-state index contributed by atoms with van der Waals surface area (Å²) in [6, 6.07) is 10.6. The molecule has 4 nitrogen and oxygen atoms in total. The van der Waals surface area contributed by atoms with Gasteiger partial charge in [0.1, 0.15) is 5.58 Å². The van der Waals surface area contributed by atoms with E-state index in [2.05, 4.69) is 55.5 Å². The quantitative estimate of drug-likeness (QED) is 0.180. The standard InChI is InChI=1S/C20H32O2.C9H6O2/c1-2-3-4-5-6-7-8-9-10-11-12-13-14-15-16-17-18-19-20(21)22;10-9-6-5-7-3-1-2-4-8(7)11-9/h6-7,9-10,12-13,15-16H,2-5,8,11,14,17-19H2,1H3,(H,21,22);1-6H. The molecule has 1 N–H and O–H groups in total. The van der Waals surface area contributed by atoms with Gasteiger partial charge in [-0.3, -0.25) is 4.79 Å². The Morgan fingerprint density at radius 2 is 1.36 bits per heavy atom. The van der Waals surface area contributed by atoms with Gasteiger partial charge in [0.2, 0.25) is 0 Å². The average molecular weight is 451 g/mol. The van der Waals surface area contributed by atoms with E-state index in [1.807, 2.05) is 18.2 Å². The highest BCUT2D eigenvalue weighted by molar-refractivity contribution is 5.75. The van der Waals surface area contributed by atoms with Gasteiger partial charge in [0.25, 0.3) is 0 Å². The Morgan fingerprint density at radius 3 is 1.97 bits per heavy atom. The van der Waals surface area contributed by atoms with Crippen LogP contribution in [-0.4, -0.2) is 11.1 Å². The molecule has 4 heteroatoms. The van der Waals surface area contributed by atoms with E-state index in [1.165, 1.54) is 31.7 Å². The van der Waals surface area contributed by atoms with Crippen LogP contribution in [0.5, 0.6) is 0 Å². The van der Waals surface area contributed by atoms with Crippen molar-refractivity contribution in [1.29, 1.82) is 0 Å². The van der Waals surface area contributed by atoms with Crippen LogP contribution in [0.2, 0.25) is 0 Å². The molecule has 0 fully saturated rings.